The molecule has 0 aromatic rings. The van der Waals surface area contributed by atoms with Gasteiger partial charge in [0.15, 0.2) is 0 Å². The number of hydrogen-bond acceptors (Lipinski definition) is 3. The van der Waals surface area contributed by atoms with Crippen molar-refractivity contribution in [2.24, 2.45) is 5.92 Å². The Kier molecular flexibility index (Phi) is 2.67. The summed E-state index contributed by atoms with van der Waals surface area (Å²) in [4.78, 5) is 0. The molecule has 1 fully saturated rings. The average Bonchev–Trinajstić information content (AvgIpc) is 2.05. The van der Waals surface area contributed by atoms with Gasteiger partial charge in [0.05, 0.1) is 6.07 Å². The monoisotopic (exact) mass is 141 g/mol. The summed E-state index contributed by atoms with van der Waals surface area (Å²) in [5.74, 6) is 0.138. The summed E-state index contributed by atoms with van der Waals surface area (Å²) in [6.07, 6.45) is 0.840. The molecule has 0 aromatic heterocycles. The van der Waals surface area contributed by atoms with Crippen LogP contribution in [0.4, 0.5) is 0 Å². The molecule has 1 aliphatic rings. The van der Waals surface area contributed by atoms with Crippen LogP contribution in [0.25, 0.3) is 0 Å². The SMILES string of the molecule is N#CC(O)C1CCOCC1. The second-order valence-electron chi connectivity index (χ2n) is 2.52. The van der Waals surface area contributed by atoms with Crippen LogP contribution >= 0.6 is 0 Å². The van der Waals surface area contributed by atoms with Crippen molar-refractivity contribution in [2.45, 2.75) is 18.9 Å². The van der Waals surface area contributed by atoms with Crippen LogP contribution in [0.3, 0.4) is 0 Å². The molecule has 0 amide bonds. The standard InChI is InChI=1S/C7H11NO2/c8-5-7(9)6-1-3-10-4-2-6/h6-7,9H,1-4H2. The topological polar surface area (TPSA) is 53.2 Å². The first kappa shape index (κ1) is 7.52. The van der Waals surface area contributed by atoms with E-state index in [0.717, 1.165) is 12.8 Å². The zero-order valence-corrected chi connectivity index (χ0v) is 5.79. The van der Waals surface area contributed by atoms with Gasteiger partial charge in [-0.2, -0.15) is 5.26 Å². The highest BCUT2D eigenvalue weighted by Crippen LogP contribution is 2.17. The molecule has 0 aliphatic carbocycles. The van der Waals surface area contributed by atoms with Crippen LogP contribution in [0.5, 0.6) is 0 Å². The third-order valence-corrected chi connectivity index (χ3v) is 1.84. The first-order chi connectivity index (χ1) is 4.84. The van der Waals surface area contributed by atoms with Gasteiger partial charge in [0.1, 0.15) is 6.10 Å². The molecule has 1 saturated heterocycles. The fraction of sp³-hybridized carbons (Fsp3) is 0.857. The number of aliphatic hydroxyl groups excluding tert-OH is 1. The molecule has 1 aliphatic heterocycles. The lowest BCUT2D eigenvalue weighted by Gasteiger charge is -2.22. The van der Waals surface area contributed by atoms with Crippen molar-refractivity contribution in [3.63, 3.8) is 0 Å². The Morgan fingerprint density at radius 2 is 2.10 bits per heavy atom. The van der Waals surface area contributed by atoms with Gasteiger partial charge in [-0.15, -0.1) is 0 Å². The lowest BCUT2D eigenvalue weighted by molar-refractivity contribution is 0.0270. The Morgan fingerprint density at radius 3 is 2.60 bits per heavy atom. The van der Waals surface area contributed by atoms with Crippen LogP contribution in [0.15, 0.2) is 0 Å². The van der Waals surface area contributed by atoms with Crippen LogP contribution in [0.2, 0.25) is 0 Å². The molecular weight excluding hydrogens is 130 g/mol. The van der Waals surface area contributed by atoms with Crippen molar-refractivity contribution in [1.82, 2.24) is 0 Å². The smallest absolute Gasteiger partial charge is 0.143 e. The molecule has 1 rings (SSSR count). The van der Waals surface area contributed by atoms with Crippen molar-refractivity contribution in [3.05, 3.63) is 0 Å². The molecule has 1 unspecified atom stereocenters. The zero-order chi connectivity index (χ0) is 7.40. The minimum Gasteiger partial charge on any atom is -0.381 e. The predicted octanol–water partition coefficient (Wildman–Crippen LogP) is 0.297. The van der Waals surface area contributed by atoms with Gasteiger partial charge in [0, 0.05) is 19.1 Å². The minimum absolute atomic E-state index is 0.138. The number of ether oxygens (including phenoxy) is 1. The molecule has 0 saturated carbocycles. The van der Waals surface area contributed by atoms with E-state index in [0.29, 0.717) is 13.2 Å². The third kappa shape index (κ3) is 1.69. The summed E-state index contributed by atoms with van der Waals surface area (Å²) in [5.41, 5.74) is 0. The van der Waals surface area contributed by atoms with E-state index in [-0.39, 0.29) is 5.92 Å². The van der Waals surface area contributed by atoms with Gasteiger partial charge in [-0.1, -0.05) is 0 Å². The maximum atomic E-state index is 9.07. The number of hydrogen-bond donors (Lipinski definition) is 1. The molecule has 10 heavy (non-hydrogen) atoms. The average molecular weight is 141 g/mol. The largest absolute Gasteiger partial charge is 0.381 e. The number of nitriles is 1. The van der Waals surface area contributed by atoms with Crippen LogP contribution in [0.1, 0.15) is 12.8 Å². The van der Waals surface area contributed by atoms with Crippen molar-refractivity contribution >= 4 is 0 Å². The normalized spacial score (nSPS) is 23.6. The maximum Gasteiger partial charge on any atom is 0.143 e. The second-order valence-corrected chi connectivity index (χ2v) is 2.52. The Balaban J connectivity index is 2.33. The molecule has 3 heteroatoms. The second kappa shape index (κ2) is 3.55. The van der Waals surface area contributed by atoms with E-state index >= 15 is 0 Å². The van der Waals surface area contributed by atoms with Gasteiger partial charge in [0.25, 0.3) is 0 Å². The Labute approximate surface area is 60.2 Å². The van der Waals surface area contributed by atoms with E-state index in [4.69, 9.17) is 15.1 Å². The maximum absolute atomic E-state index is 9.07. The van der Waals surface area contributed by atoms with E-state index in [1.807, 2.05) is 6.07 Å². The minimum atomic E-state index is -0.788. The summed E-state index contributed by atoms with van der Waals surface area (Å²) < 4.78 is 5.07. The highest BCUT2D eigenvalue weighted by atomic mass is 16.5. The number of aliphatic hydroxyl groups is 1. The van der Waals surface area contributed by atoms with Crippen molar-refractivity contribution < 1.29 is 9.84 Å². The van der Waals surface area contributed by atoms with Crippen LogP contribution < -0.4 is 0 Å². The van der Waals surface area contributed by atoms with E-state index < -0.39 is 6.10 Å². The summed E-state index contributed by atoms with van der Waals surface area (Å²) >= 11 is 0. The first-order valence-corrected chi connectivity index (χ1v) is 3.50. The lowest BCUT2D eigenvalue weighted by Crippen LogP contribution is -2.25. The molecule has 0 radical (unpaired) electrons. The fourth-order valence-corrected chi connectivity index (χ4v) is 1.14. The first-order valence-electron chi connectivity index (χ1n) is 3.50. The van der Waals surface area contributed by atoms with Gasteiger partial charge >= 0.3 is 0 Å². The Bertz CT molecular complexity index is 135. The Morgan fingerprint density at radius 1 is 1.50 bits per heavy atom. The summed E-state index contributed by atoms with van der Waals surface area (Å²) in [6, 6.07) is 1.83. The fourth-order valence-electron chi connectivity index (χ4n) is 1.14. The summed E-state index contributed by atoms with van der Waals surface area (Å²) in [6.45, 7) is 1.37. The van der Waals surface area contributed by atoms with E-state index in [9.17, 15) is 0 Å². The highest BCUT2D eigenvalue weighted by Gasteiger charge is 2.20. The van der Waals surface area contributed by atoms with Crippen LogP contribution in [-0.4, -0.2) is 24.4 Å². The molecule has 1 heterocycles. The van der Waals surface area contributed by atoms with Crippen LogP contribution in [-0.2, 0) is 4.74 Å². The zero-order valence-electron chi connectivity index (χ0n) is 5.79. The quantitative estimate of drug-likeness (QED) is 0.534. The molecule has 56 valence electrons. The molecule has 0 spiro atoms. The Hall–Kier alpha value is -0.590. The van der Waals surface area contributed by atoms with Gasteiger partial charge in [-0.3, -0.25) is 0 Å². The van der Waals surface area contributed by atoms with Crippen molar-refractivity contribution in [3.8, 4) is 6.07 Å². The van der Waals surface area contributed by atoms with Gasteiger partial charge < -0.3 is 9.84 Å². The molecule has 1 N–H and O–H groups in total. The molecule has 0 bridgehead atoms. The van der Waals surface area contributed by atoms with E-state index in [2.05, 4.69) is 0 Å². The molecule has 0 aromatic carbocycles. The molecule has 3 nitrogen and oxygen atoms in total. The van der Waals surface area contributed by atoms with E-state index in [1.54, 1.807) is 0 Å². The predicted molar refractivity (Wildman–Crippen MR) is 35.2 cm³/mol. The summed E-state index contributed by atoms with van der Waals surface area (Å²) in [5, 5.41) is 17.4. The highest BCUT2D eigenvalue weighted by molar-refractivity contribution is 4.88. The van der Waals surface area contributed by atoms with Crippen molar-refractivity contribution in [1.29, 1.82) is 5.26 Å². The van der Waals surface area contributed by atoms with Crippen LogP contribution in [0, 0.1) is 17.2 Å². The lowest BCUT2D eigenvalue weighted by atomic mass is 9.95. The molecular formula is C7H11NO2. The summed E-state index contributed by atoms with van der Waals surface area (Å²) in [7, 11) is 0. The van der Waals surface area contributed by atoms with Crippen molar-refractivity contribution in [2.75, 3.05) is 13.2 Å². The van der Waals surface area contributed by atoms with E-state index in [1.165, 1.54) is 0 Å². The number of rotatable bonds is 1. The van der Waals surface area contributed by atoms with Gasteiger partial charge in [0.2, 0.25) is 0 Å². The number of nitrogens with zero attached hydrogens (tertiary/aromatic N) is 1. The molecule has 1 atom stereocenters. The van der Waals surface area contributed by atoms with Gasteiger partial charge in [-0.05, 0) is 12.8 Å². The van der Waals surface area contributed by atoms with Gasteiger partial charge in [-0.25, -0.2) is 0 Å². The third-order valence-electron chi connectivity index (χ3n) is 1.84.